The molecule has 2 aromatic carbocycles. The van der Waals surface area contributed by atoms with E-state index in [1.165, 1.54) is 0 Å². The Balaban J connectivity index is 2.61. The molecule has 3 heteroatoms. The maximum Gasteiger partial charge on any atom is 0.252 e. The molecule has 0 spiro atoms. The van der Waals surface area contributed by atoms with Crippen molar-refractivity contribution in [2.24, 2.45) is 0 Å². The van der Waals surface area contributed by atoms with Gasteiger partial charge in [0.15, 0.2) is 0 Å². The number of rotatable bonds is 2. The molecule has 0 aliphatic rings. The van der Waals surface area contributed by atoms with Crippen LogP contribution in [0.2, 0.25) is 0 Å². The van der Waals surface area contributed by atoms with Gasteiger partial charge in [-0.2, -0.15) is 0 Å². The predicted octanol–water partition coefficient (Wildman–Crippen LogP) is 2.99. The minimum absolute atomic E-state index is 0.0698. The average molecular weight is 243 g/mol. The molecule has 0 aliphatic carbocycles. The summed E-state index contributed by atoms with van der Waals surface area (Å²) in [5, 5.41) is 14.4. The normalized spacial score (nSPS) is 10.9. The van der Waals surface area contributed by atoms with Crippen molar-refractivity contribution >= 4 is 16.7 Å². The SMILES string of the molecule is Cc1cc(O)c2c(C(=O)NC(C)C)cccc2c1. The van der Waals surface area contributed by atoms with Gasteiger partial charge in [0.05, 0.1) is 5.56 Å². The van der Waals surface area contributed by atoms with E-state index in [2.05, 4.69) is 5.32 Å². The molecule has 0 bridgehead atoms. The standard InChI is InChI=1S/C15H17NO2/c1-9(2)16-15(18)12-6-4-5-11-7-10(3)8-13(17)14(11)12/h4-9,17H,1-3H3,(H,16,18). The molecular weight excluding hydrogens is 226 g/mol. The van der Waals surface area contributed by atoms with Gasteiger partial charge in [-0.05, 0) is 43.9 Å². The number of hydrogen-bond donors (Lipinski definition) is 2. The number of carbonyl (C=O) groups excluding carboxylic acids is 1. The molecule has 2 aromatic rings. The molecule has 0 saturated heterocycles. The van der Waals surface area contributed by atoms with Gasteiger partial charge < -0.3 is 10.4 Å². The second kappa shape index (κ2) is 4.69. The molecule has 0 fully saturated rings. The van der Waals surface area contributed by atoms with Crippen LogP contribution in [-0.2, 0) is 0 Å². The maximum absolute atomic E-state index is 12.1. The molecule has 0 heterocycles. The molecule has 0 aromatic heterocycles. The lowest BCUT2D eigenvalue weighted by atomic mass is 10.0. The zero-order valence-corrected chi connectivity index (χ0v) is 10.8. The van der Waals surface area contributed by atoms with Gasteiger partial charge in [-0.15, -0.1) is 0 Å². The van der Waals surface area contributed by atoms with Crippen LogP contribution in [-0.4, -0.2) is 17.1 Å². The summed E-state index contributed by atoms with van der Waals surface area (Å²) >= 11 is 0. The Hall–Kier alpha value is -2.03. The Kier molecular flexibility index (Phi) is 3.24. The highest BCUT2D eigenvalue weighted by atomic mass is 16.3. The Morgan fingerprint density at radius 3 is 2.67 bits per heavy atom. The smallest absolute Gasteiger partial charge is 0.252 e. The number of benzene rings is 2. The van der Waals surface area contributed by atoms with Gasteiger partial charge in [0.1, 0.15) is 5.75 Å². The van der Waals surface area contributed by atoms with E-state index in [-0.39, 0.29) is 17.7 Å². The highest BCUT2D eigenvalue weighted by molar-refractivity contribution is 6.09. The quantitative estimate of drug-likeness (QED) is 0.851. The molecule has 2 N–H and O–H groups in total. The summed E-state index contributed by atoms with van der Waals surface area (Å²) in [6, 6.07) is 9.16. The topological polar surface area (TPSA) is 49.3 Å². The van der Waals surface area contributed by atoms with Crippen LogP contribution >= 0.6 is 0 Å². The van der Waals surface area contributed by atoms with Crippen LogP contribution in [0.1, 0.15) is 29.8 Å². The van der Waals surface area contributed by atoms with Crippen LogP contribution in [0.4, 0.5) is 0 Å². The van der Waals surface area contributed by atoms with E-state index in [0.29, 0.717) is 10.9 Å². The zero-order valence-electron chi connectivity index (χ0n) is 10.8. The first-order valence-corrected chi connectivity index (χ1v) is 6.02. The van der Waals surface area contributed by atoms with Crippen LogP contribution < -0.4 is 5.32 Å². The summed E-state index contributed by atoms with van der Waals surface area (Å²) < 4.78 is 0. The van der Waals surface area contributed by atoms with Crippen LogP contribution in [0.5, 0.6) is 5.75 Å². The number of nitrogens with one attached hydrogen (secondary N) is 1. The third-order valence-corrected chi connectivity index (χ3v) is 2.76. The van der Waals surface area contributed by atoms with E-state index in [0.717, 1.165) is 10.9 Å². The molecular formula is C15H17NO2. The van der Waals surface area contributed by atoms with Crippen molar-refractivity contribution in [3.63, 3.8) is 0 Å². The third kappa shape index (κ3) is 2.30. The first-order valence-electron chi connectivity index (χ1n) is 6.02. The minimum atomic E-state index is -0.158. The summed E-state index contributed by atoms with van der Waals surface area (Å²) in [7, 11) is 0. The summed E-state index contributed by atoms with van der Waals surface area (Å²) in [5.74, 6) is -0.00532. The van der Waals surface area contributed by atoms with Crippen molar-refractivity contribution in [2.45, 2.75) is 26.8 Å². The lowest BCUT2D eigenvalue weighted by Gasteiger charge is -2.12. The fourth-order valence-electron chi connectivity index (χ4n) is 2.08. The third-order valence-electron chi connectivity index (χ3n) is 2.76. The maximum atomic E-state index is 12.1. The number of carbonyl (C=O) groups is 1. The van der Waals surface area contributed by atoms with Gasteiger partial charge in [-0.3, -0.25) is 4.79 Å². The summed E-state index contributed by atoms with van der Waals surface area (Å²) in [5.41, 5.74) is 1.49. The summed E-state index contributed by atoms with van der Waals surface area (Å²) in [6.07, 6.45) is 0. The number of aryl methyl sites for hydroxylation is 1. The Bertz CT molecular complexity index is 603. The number of hydrogen-bond acceptors (Lipinski definition) is 2. The molecule has 0 atom stereocenters. The van der Waals surface area contributed by atoms with Crippen LogP contribution in [0.25, 0.3) is 10.8 Å². The highest BCUT2D eigenvalue weighted by Gasteiger charge is 2.13. The number of phenols is 1. The summed E-state index contributed by atoms with van der Waals surface area (Å²) in [6.45, 7) is 5.74. The lowest BCUT2D eigenvalue weighted by Crippen LogP contribution is -2.30. The van der Waals surface area contributed by atoms with Crippen LogP contribution in [0, 0.1) is 6.92 Å². The molecule has 2 rings (SSSR count). The number of amides is 1. The average Bonchev–Trinajstić information content (AvgIpc) is 2.26. The van der Waals surface area contributed by atoms with Crippen molar-refractivity contribution in [3.8, 4) is 5.75 Å². The van der Waals surface area contributed by atoms with E-state index < -0.39 is 0 Å². The van der Waals surface area contributed by atoms with Gasteiger partial charge in [-0.25, -0.2) is 0 Å². The van der Waals surface area contributed by atoms with Crippen LogP contribution in [0.15, 0.2) is 30.3 Å². The van der Waals surface area contributed by atoms with Crippen molar-refractivity contribution in [2.75, 3.05) is 0 Å². The van der Waals surface area contributed by atoms with Crippen molar-refractivity contribution in [1.82, 2.24) is 5.32 Å². The van der Waals surface area contributed by atoms with E-state index in [1.54, 1.807) is 12.1 Å². The Labute approximate surface area is 106 Å². The first kappa shape index (κ1) is 12.4. The molecule has 0 unspecified atom stereocenters. The minimum Gasteiger partial charge on any atom is -0.507 e. The van der Waals surface area contributed by atoms with Crippen molar-refractivity contribution in [1.29, 1.82) is 0 Å². The largest absolute Gasteiger partial charge is 0.507 e. The van der Waals surface area contributed by atoms with Gasteiger partial charge >= 0.3 is 0 Å². The molecule has 0 saturated carbocycles. The van der Waals surface area contributed by atoms with Gasteiger partial charge in [0, 0.05) is 11.4 Å². The van der Waals surface area contributed by atoms with Gasteiger partial charge in [0.25, 0.3) is 5.91 Å². The van der Waals surface area contributed by atoms with Crippen molar-refractivity contribution in [3.05, 3.63) is 41.5 Å². The summed E-state index contributed by atoms with van der Waals surface area (Å²) in [4.78, 5) is 12.1. The van der Waals surface area contributed by atoms with E-state index in [4.69, 9.17) is 0 Å². The fourth-order valence-corrected chi connectivity index (χ4v) is 2.08. The molecule has 94 valence electrons. The van der Waals surface area contributed by atoms with E-state index in [1.807, 2.05) is 39.0 Å². The molecule has 3 nitrogen and oxygen atoms in total. The highest BCUT2D eigenvalue weighted by Crippen LogP contribution is 2.29. The molecule has 18 heavy (non-hydrogen) atoms. The molecule has 0 radical (unpaired) electrons. The van der Waals surface area contributed by atoms with Crippen LogP contribution in [0.3, 0.4) is 0 Å². The second-order valence-corrected chi connectivity index (χ2v) is 4.82. The monoisotopic (exact) mass is 243 g/mol. The zero-order chi connectivity index (χ0) is 13.3. The second-order valence-electron chi connectivity index (χ2n) is 4.82. The molecule has 1 amide bonds. The van der Waals surface area contributed by atoms with Gasteiger partial charge in [0.2, 0.25) is 0 Å². The van der Waals surface area contributed by atoms with Crippen molar-refractivity contribution < 1.29 is 9.90 Å². The number of fused-ring (bicyclic) bond motifs is 1. The number of phenolic OH excluding ortho intramolecular Hbond substituents is 1. The van der Waals surface area contributed by atoms with Gasteiger partial charge in [-0.1, -0.05) is 18.2 Å². The number of aromatic hydroxyl groups is 1. The first-order chi connectivity index (χ1) is 8.49. The molecule has 0 aliphatic heterocycles. The fraction of sp³-hybridized carbons (Fsp3) is 0.267. The predicted molar refractivity (Wildman–Crippen MR) is 73.0 cm³/mol. The lowest BCUT2D eigenvalue weighted by molar-refractivity contribution is 0.0944. The Morgan fingerprint density at radius 2 is 2.00 bits per heavy atom. The van der Waals surface area contributed by atoms with E-state index in [9.17, 15) is 9.90 Å². The Morgan fingerprint density at radius 1 is 1.28 bits per heavy atom. The van der Waals surface area contributed by atoms with E-state index >= 15 is 0 Å².